The van der Waals surface area contributed by atoms with Crippen molar-refractivity contribution in [2.75, 3.05) is 44.3 Å². The molecule has 29 heavy (non-hydrogen) atoms. The Morgan fingerprint density at radius 3 is 2.41 bits per heavy atom. The maximum absolute atomic E-state index is 13.2. The molecule has 4 rings (SSSR count). The molecule has 3 heterocycles. The molecule has 2 aromatic rings. The summed E-state index contributed by atoms with van der Waals surface area (Å²) in [6.45, 7) is 6.00. The van der Waals surface area contributed by atoms with Gasteiger partial charge >= 0.3 is 0 Å². The molecule has 2 amide bonds. The molecular weight excluding hydrogens is 370 g/mol. The van der Waals surface area contributed by atoms with Gasteiger partial charge in [0.2, 0.25) is 0 Å². The summed E-state index contributed by atoms with van der Waals surface area (Å²) in [5.74, 6) is 0.566. The van der Waals surface area contributed by atoms with Gasteiger partial charge < -0.3 is 24.3 Å². The Labute approximate surface area is 170 Å². The number of aryl methyl sites for hydroxylation is 1. The standard InChI is InChI=1S/C22H27N3O4/c1-16-18(8-13-29-16)21(26)23-17-6-9-25(10-7-17)22(27)19-4-2-3-5-20(19)24-11-14-28-15-12-24/h2-5,8,13,17H,6-7,9-12,14-15H2,1H3,(H,23,26). The first kappa shape index (κ1) is 19.5. The van der Waals surface area contributed by atoms with Crippen LogP contribution in [0.2, 0.25) is 0 Å². The summed E-state index contributed by atoms with van der Waals surface area (Å²) in [5.41, 5.74) is 2.29. The highest BCUT2D eigenvalue weighted by Crippen LogP contribution is 2.24. The van der Waals surface area contributed by atoms with E-state index < -0.39 is 0 Å². The average molecular weight is 397 g/mol. The van der Waals surface area contributed by atoms with Gasteiger partial charge in [-0.25, -0.2) is 0 Å². The summed E-state index contributed by atoms with van der Waals surface area (Å²) in [6.07, 6.45) is 3.01. The van der Waals surface area contributed by atoms with Crippen LogP contribution in [0.5, 0.6) is 0 Å². The minimum atomic E-state index is -0.112. The van der Waals surface area contributed by atoms with Crippen molar-refractivity contribution in [2.24, 2.45) is 0 Å². The van der Waals surface area contributed by atoms with Gasteiger partial charge in [0.15, 0.2) is 0 Å². The number of hydrogen-bond donors (Lipinski definition) is 1. The Kier molecular flexibility index (Phi) is 5.85. The van der Waals surface area contributed by atoms with Crippen molar-refractivity contribution in [3.05, 3.63) is 53.5 Å². The maximum atomic E-state index is 13.2. The lowest BCUT2D eigenvalue weighted by atomic mass is 10.0. The highest BCUT2D eigenvalue weighted by molar-refractivity contribution is 6.00. The van der Waals surface area contributed by atoms with E-state index in [0.717, 1.165) is 37.2 Å². The first-order valence-electron chi connectivity index (χ1n) is 10.2. The SMILES string of the molecule is Cc1occc1C(=O)NC1CCN(C(=O)c2ccccc2N2CCOCC2)CC1. The molecule has 0 atom stereocenters. The molecule has 1 N–H and O–H groups in total. The predicted molar refractivity (Wildman–Crippen MR) is 109 cm³/mol. The predicted octanol–water partition coefficient (Wildman–Crippen LogP) is 2.46. The number of furan rings is 1. The van der Waals surface area contributed by atoms with Gasteiger partial charge in [0.05, 0.1) is 30.6 Å². The van der Waals surface area contributed by atoms with Gasteiger partial charge in [0.1, 0.15) is 5.76 Å². The second kappa shape index (κ2) is 8.69. The van der Waals surface area contributed by atoms with Crippen molar-refractivity contribution in [1.82, 2.24) is 10.2 Å². The molecule has 2 aliphatic heterocycles. The maximum Gasteiger partial charge on any atom is 0.255 e. The smallest absolute Gasteiger partial charge is 0.255 e. The Morgan fingerprint density at radius 2 is 1.72 bits per heavy atom. The number of ether oxygens (including phenoxy) is 1. The number of likely N-dealkylation sites (tertiary alicyclic amines) is 1. The first-order chi connectivity index (χ1) is 14.1. The third kappa shape index (κ3) is 4.29. The molecule has 154 valence electrons. The minimum Gasteiger partial charge on any atom is -0.469 e. The molecular formula is C22H27N3O4. The van der Waals surface area contributed by atoms with Crippen LogP contribution >= 0.6 is 0 Å². The zero-order valence-electron chi connectivity index (χ0n) is 16.7. The molecule has 0 saturated carbocycles. The zero-order valence-corrected chi connectivity index (χ0v) is 16.7. The Hall–Kier alpha value is -2.80. The molecule has 0 unspecified atom stereocenters. The highest BCUT2D eigenvalue weighted by Gasteiger charge is 2.27. The molecule has 7 nitrogen and oxygen atoms in total. The van der Waals surface area contributed by atoms with E-state index in [2.05, 4.69) is 10.2 Å². The van der Waals surface area contributed by atoms with E-state index in [0.29, 0.717) is 37.6 Å². The van der Waals surface area contributed by atoms with E-state index >= 15 is 0 Å². The van der Waals surface area contributed by atoms with Crippen LogP contribution in [-0.4, -0.2) is 62.1 Å². The van der Waals surface area contributed by atoms with E-state index in [1.54, 1.807) is 13.0 Å². The van der Waals surface area contributed by atoms with Crippen LogP contribution in [0.4, 0.5) is 5.69 Å². The number of carbonyl (C=O) groups excluding carboxylic acids is 2. The van der Waals surface area contributed by atoms with Crippen molar-refractivity contribution < 1.29 is 18.7 Å². The molecule has 2 saturated heterocycles. The summed E-state index contributed by atoms with van der Waals surface area (Å²) < 4.78 is 10.6. The number of benzene rings is 1. The fourth-order valence-corrected chi connectivity index (χ4v) is 4.02. The lowest BCUT2D eigenvalue weighted by Gasteiger charge is -2.34. The van der Waals surface area contributed by atoms with Gasteiger partial charge in [-0.1, -0.05) is 12.1 Å². The van der Waals surface area contributed by atoms with Gasteiger partial charge in [0.25, 0.3) is 11.8 Å². The quantitative estimate of drug-likeness (QED) is 0.858. The van der Waals surface area contributed by atoms with E-state index in [1.165, 1.54) is 6.26 Å². The van der Waals surface area contributed by atoms with Crippen LogP contribution in [0, 0.1) is 6.92 Å². The van der Waals surface area contributed by atoms with Gasteiger partial charge in [0, 0.05) is 37.9 Å². The second-order valence-electron chi connectivity index (χ2n) is 7.55. The Bertz CT molecular complexity index is 864. The summed E-state index contributed by atoms with van der Waals surface area (Å²) in [6, 6.07) is 9.56. The summed E-state index contributed by atoms with van der Waals surface area (Å²) in [5, 5.41) is 3.07. The summed E-state index contributed by atoms with van der Waals surface area (Å²) in [4.78, 5) is 29.7. The molecule has 7 heteroatoms. The van der Waals surface area contributed by atoms with Gasteiger partial charge in [-0.2, -0.15) is 0 Å². The molecule has 0 spiro atoms. The van der Waals surface area contributed by atoms with Gasteiger partial charge in [-0.05, 0) is 38.0 Å². The lowest BCUT2D eigenvalue weighted by molar-refractivity contribution is 0.0697. The number of piperidine rings is 1. The first-order valence-corrected chi connectivity index (χ1v) is 10.2. The number of para-hydroxylation sites is 1. The zero-order chi connectivity index (χ0) is 20.2. The van der Waals surface area contributed by atoms with E-state index in [4.69, 9.17) is 9.15 Å². The number of amides is 2. The molecule has 1 aromatic heterocycles. The van der Waals surface area contributed by atoms with Crippen LogP contribution in [-0.2, 0) is 4.74 Å². The largest absolute Gasteiger partial charge is 0.469 e. The van der Waals surface area contributed by atoms with Crippen molar-refractivity contribution in [3.8, 4) is 0 Å². The second-order valence-corrected chi connectivity index (χ2v) is 7.55. The number of hydrogen-bond acceptors (Lipinski definition) is 5. The number of anilines is 1. The minimum absolute atomic E-state index is 0.0579. The van der Waals surface area contributed by atoms with Crippen molar-refractivity contribution in [2.45, 2.75) is 25.8 Å². The topological polar surface area (TPSA) is 75.0 Å². The number of nitrogens with one attached hydrogen (secondary N) is 1. The molecule has 2 fully saturated rings. The van der Waals surface area contributed by atoms with Crippen LogP contribution in [0.3, 0.4) is 0 Å². The molecule has 1 aromatic carbocycles. The van der Waals surface area contributed by atoms with Gasteiger partial charge in [-0.3, -0.25) is 9.59 Å². The molecule has 0 bridgehead atoms. The fourth-order valence-electron chi connectivity index (χ4n) is 4.02. The lowest BCUT2D eigenvalue weighted by Crippen LogP contribution is -2.47. The molecule has 2 aliphatic rings. The molecule has 0 aliphatic carbocycles. The van der Waals surface area contributed by atoms with E-state index in [-0.39, 0.29) is 17.9 Å². The number of carbonyl (C=O) groups is 2. The van der Waals surface area contributed by atoms with Crippen LogP contribution in [0.15, 0.2) is 41.0 Å². The van der Waals surface area contributed by atoms with Crippen LogP contribution < -0.4 is 10.2 Å². The summed E-state index contributed by atoms with van der Waals surface area (Å²) in [7, 11) is 0. The van der Waals surface area contributed by atoms with Crippen molar-refractivity contribution >= 4 is 17.5 Å². The Balaban J connectivity index is 1.37. The normalized spacial score (nSPS) is 18.0. The fraction of sp³-hybridized carbons (Fsp3) is 0.455. The average Bonchev–Trinajstić information content (AvgIpc) is 3.20. The van der Waals surface area contributed by atoms with Gasteiger partial charge in [-0.15, -0.1) is 0 Å². The number of nitrogens with zero attached hydrogens (tertiary/aromatic N) is 2. The van der Waals surface area contributed by atoms with E-state index in [1.807, 2.05) is 29.2 Å². The van der Waals surface area contributed by atoms with Crippen LogP contribution in [0.1, 0.15) is 39.3 Å². The number of rotatable bonds is 4. The van der Waals surface area contributed by atoms with Crippen LogP contribution in [0.25, 0.3) is 0 Å². The van der Waals surface area contributed by atoms with E-state index in [9.17, 15) is 9.59 Å². The monoisotopic (exact) mass is 397 g/mol. The third-order valence-electron chi connectivity index (χ3n) is 5.71. The van der Waals surface area contributed by atoms with Crippen molar-refractivity contribution in [1.29, 1.82) is 0 Å². The highest BCUT2D eigenvalue weighted by atomic mass is 16.5. The molecule has 0 radical (unpaired) electrons. The Morgan fingerprint density at radius 1 is 1.00 bits per heavy atom. The van der Waals surface area contributed by atoms with Crippen molar-refractivity contribution in [3.63, 3.8) is 0 Å². The summed E-state index contributed by atoms with van der Waals surface area (Å²) >= 11 is 0. The third-order valence-corrected chi connectivity index (χ3v) is 5.71. The number of morpholine rings is 1.